The van der Waals surface area contributed by atoms with E-state index in [1.807, 2.05) is 0 Å². The average Bonchev–Trinajstić information content (AvgIpc) is 3.36. The first-order chi connectivity index (χ1) is 34.5. The summed E-state index contributed by atoms with van der Waals surface area (Å²) in [5.41, 5.74) is 0. The molecule has 0 bridgehead atoms. The number of hydrogen-bond donors (Lipinski definition) is 0. The predicted octanol–water partition coefficient (Wildman–Crippen LogP) is 20.2. The van der Waals surface area contributed by atoms with Gasteiger partial charge >= 0.3 is 17.9 Å². The molecule has 0 amide bonds. The van der Waals surface area contributed by atoms with Crippen LogP contribution in [0.3, 0.4) is 0 Å². The Bertz CT molecular complexity index is 1310. The summed E-state index contributed by atoms with van der Waals surface area (Å²) in [5, 5.41) is 0. The standard InChI is InChI=1S/C64H112O6/c1-4-7-10-13-16-19-22-25-28-31-33-36-39-42-45-48-51-54-57-63(66)69-60-61(59-68-62(65)56-53-50-47-44-41-38-35-30-27-24-21-18-15-12-9-6-3)70-64(67)58-55-52-49-46-43-40-37-34-32-29-26-23-20-17-14-11-8-5-2/h9,12,18,21,27,30,33-34,36-38,41,61H,4-8,10-11,13-17,19-20,22-26,28-29,31-32,35,39-40,42-60H2,1-3H3/b12-9-,21-18-,30-27-,36-33-,37-34-,41-38-. The minimum absolute atomic E-state index is 0.0925. The van der Waals surface area contributed by atoms with E-state index in [-0.39, 0.29) is 31.1 Å². The first-order valence-corrected chi connectivity index (χ1v) is 29.9. The molecule has 0 radical (unpaired) electrons. The summed E-state index contributed by atoms with van der Waals surface area (Å²) < 4.78 is 16.9. The molecular weight excluding hydrogens is 865 g/mol. The van der Waals surface area contributed by atoms with Crippen molar-refractivity contribution >= 4 is 17.9 Å². The van der Waals surface area contributed by atoms with E-state index in [1.54, 1.807) is 0 Å². The van der Waals surface area contributed by atoms with Crippen LogP contribution in [0.4, 0.5) is 0 Å². The second-order valence-corrected chi connectivity index (χ2v) is 19.9. The molecular formula is C64H112O6. The number of allylic oxidation sites excluding steroid dienone is 12. The van der Waals surface area contributed by atoms with Crippen LogP contribution in [0.25, 0.3) is 0 Å². The van der Waals surface area contributed by atoms with Crippen LogP contribution in [-0.2, 0) is 28.6 Å². The van der Waals surface area contributed by atoms with Crippen LogP contribution >= 0.6 is 0 Å². The van der Waals surface area contributed by atoms with Crippen LogP contribution < -0.4 is 0 Å². The maximum absolute atomic E-state index is 12.9. The smallest absolute Gasteiger partial charge is 0.306 e. The molecule has 0 aliphatic carbocycles. The molecule has 0 saturated carbocycles. The Morgan fingerprint density at radius 3 is 0.900 bits per heavy atom. The van der Waals surface area contributed by atoms with Crippen LogP contribution in [0.5, 0.6) is 0 Å². The minimum Gasteiger partial charge on any atom is -0.462 e. The zero-order valence-corrected chi connectivity index (χ0v) is 46.3. The number of rotatable bonds is 54. The Labute approximate surface area is 433 Å². The Kier molecular flexibility index (Phi) is 55.8. The number of carbonyl (C=O) groups excluding carboxylic acids is 3. The van der Waals surface area contributed by atoms with Gasteiger partial charge in [0.25, 0.3) is 0 Å². The molecule has 0 N–H and O–H groups in total. The number of hydrogen-bond acceptors (Lipinski definition) is 6. The van der Waals surface area contributed by atoms with E-state index in [4.69, 9.17) is 14.2 Å². The molecule has 6 nitrogen and oxygen atoms in total. The highest BCUT2D eigenvalue weighted by Crippen LogP contribution is 2.15. The Balaban J connectivity index is 4.44. The summed E-state index contributed by atoms with van der Waals surface area (Å²) in [6.07, 6.45) is 74.7. The molecule has 1 atom stereocenters. The maximum atomic E-state index is 12.9. The summed E-state index contributed by atoms with van der Waals surface area (Å²) >= 11 is 0. The van der Waals surface area contributed by atoms with Crippen molar-refractivity contribution in [2.24, 2.45) is 0 Å². The van der Waals surface area contributed by atoms with E-state index in [1.165, 1.54) is 148 Å². The number of carbonyl (C=O) groups is 3. The van der Waals surface area contributed by atoms with Gasteiger partial charge in [-0.2, -0.15) is 0 Å². The van der Waals surface area contributed by atoms with Gasteiger partial charge in [0.2, 0.25) is 0 Å². The zero-order chi connectivity index (χ0) is 50.7. The molecule has 0 heterocycles. The highest BCUT2D eigenvalue weighted by molar-refractivity contribution is 5.71. The molecule has 6 heteroatoms. The van der Waals surface area contributed by atoms with Crippen molar-refractivity contribution in [2.75, 3.05) is 13.2 Å². The largest absolute Gasteiger partial charge is 0.462 e. The van der Waals surface area contributed by atoms with Crippen molar-refractivity contribution in [2.45, 2.75) is 303 Å². The van der Waals surface area contributed by atoms with Gasteiger partial charge < -0.3 is 14.2 Å². The Hall–Kier alpha value is -3.15. The van der Waals surface area contributed by atoms with Crippen molar-refractivity contribution < 1.29 is 28.6 Å². The van der Waals surface area contributed by atoms with Crippen molar-refractivity contribution in [3.63, 3.8) is 0 Å². The quantitative estimate of drug-likeness (QED) is 0.0261. The van der Waals surface area contributed by atoms with Gasteiger partial charge in [-0.05, 0) is 109 Å². The van der Waals surface area contributed by atoms with Crippen molar-refractivity contribution in [3.05, 3.63) is 72.9 Å². The van der Waals surface area contributed by atoms with Crippen molar-refractivity contribution in [3.8, 4) is 0 Å². The third-order valence-electron chi connectivity index (χ3n) is 12.9. The minimum atomic E-state index is -0.797. The highest BCUT2D eigenvalue weighted by Gasteiger charge is 2.19. The Morgan fingerprint density at radius 2 is 0.557 bits per heavy atom. The first kappa shape index (κ1) is 66.9. The maximum Gasteiger partial charge on any atom is 0.306 e. The Morgan fingerprint density at radius 1 is 0.300 bits per heavy atom. The zero-order valence-electron chi connectivity index (χ0n) is 46.3. The van der Waals surface area contributed by atoms with E-state index in [9.17, 15) is 14.4 Å². The average molecular weight is 978 g/mol. The summed E-state index contributed by atoms with van der Waals surface area (Å²) in [5.74, 6) is -0.930. The van der Waals surface area contributed by atoms with Crippen molar-refractivity contribution in [1.82, 2.24) is 0 Å². The molecule has 0 aromatic rings. The van der Waals surface area contributed by atoms with E-state index in [0.717, 1.165) is 109 Å². The molecule has 0 rings (SSSR count). The molecule has 0 spiro atoms. The molecule has 0 aromatic carbocycles. The molecule has 0 aromatic heterocycles. The van der Waals surface area contributed by atoms with Gasteiger partial charge in [-0.1, -0.05) is 241 Å². The summed E-state index contributed by atoms with van der Waals surface area (Å²) in [6.45, 7) is 6.51. The van der Waals surface area contributed by atoms with Gasteiger partial charge in [0.15, 0.2) is 6.10 Å². The molecule has 0 aliphatic heterocycles. The second kappa shape index (κ2) is 58.4. The molecule has 0 fully saturated rings. The van der Waals surface area contributed by atoms with Gasteiger partial charge in [0.1, 0.15) is 13.2 Å². The lowest BCUT2D eigenvalue weighted by molar-refractivity contribution is -0.167. The molecule has 70 heavy (non-hydrogen) atoms. The number of esters is 3. The van der Waals surface area contributed by atoms with Gasteiger partial charge in [-0.25, -0.2) is 0 Å². The topological polar surface area (TPSA) is 78.9 Å². The van der Waals surface area contributed by atoms with Gasteiger partial charge in [0.05, 0.1) is 0 Å². The summed E-state index contributed by atoms with van der Waals surface area (Å²) in [4.78, 5) is 38.2. The van der Waals surface area contributed by atoms with Gasteiger partial charge in [-0.3, -0.25) is 14.4 Å². The van der Waals surface area contributed by atoms with Crippen LogP contribution in [-0.4, -0.2) is 37.2 Å². The molecule has 0 saturated heterocycles. The number of unbranched alkanes of at least 4 members (excludes halogenated alkanes) is 31. The normalized spacial score (nSPS) is 12.6. The lowest BCUT2D eigenvalue weighted by Gasteiger charge is -2.18. The SMILES string of the molecule is CC/C=C\C/C=C\C/C=C\C/C=C\CCCCCC(=O)OCC(COC(=O)CCCCCCC/C=C\CCCCCCCCCCC)OC(=O)CCCCCCC/C=C\CCCCCCCCCCC. The lowest BCUT2D eigenvalue weighted by Crippen LogP contribution is -2.30. The second-order valence-electron chi connectivity index (χ2n) is 19.9. The van der Waals surface area contributed by atoms with Crippen LogP contribution in [0.1, 0.15) is 297 Å². The monoisotopic (exact) mass is 977 g/mol. The molecule has 1 unspecified atom stereocenters. The fraction of sp³-hybridized carbons (Fsp3) is 0.766. The van der Waals surface area contributed by atoms with Crippen LogP contribution in [0.15, 0.2) is 72.9 Å². The van der Waals surface area contributed by atoms with E-state index >= 15 is 0 Å². The third-order valence-corrected chi connectivity index (χ3v) is 12.9. The highest BCUT2D eigenvalue weighted by atomic mass is 16.6. The fourth-order valence-electron chi connectivity index (χ4n) is 8.42. The van der Waals surface area contributed by atoms with E-state index in [0.29, 0.717) is 19.3 Å². The summed E-state index contributed by atoms with van der Waals surface area (Å²) in [6, 6.07) is 0. The lowest BCUT2D eigenvalue weighted by atomic mass is 10.1. The van der Waals surface area contributed by atoms with Crippen LogP contribution in [0.2, 0.25) is 0 Å². The summed E-state index contributed by atoms with van der Waals surface area (Å²) in [7, 11) is 0. The van der Waals surface area contributed by atoms with E-state index < -0.39 is 6.10 Å². The van der Waals surface area contributed by atoms with Crippen molar-refractivity contribution in [1.29, 1.82) is 0 Å². The molecule has 0 aliphatic rings. The first-order valence-electron chi connectivity index (χ1n) is 29.9. The van der Waals surface area contributed by atoms with Gasteiger partial charge in [-0.15, -0.1) is 0 Å². The number of ether oxygens (including phenoxy) is 3. The van der Waals surface area contributed by atoms with Crippen LogP contribution in [0, 0.1) is 0 Å². The van der Waals surface area contributed by atoms with Gasteiger partial charge in [0, 0.05) is 19.3 Å². The third kappa shape index (κ3) is 55.8. The predicted molar refractivity (Wildman–Crippen MR) is 302 cm³/mol. The fourth-order valence-corrected chi connectivity index (χ4v) is 8.42. The molecule has 404 valence electrons. The van der Waals surface area contributed by atoms with E-state index in [2.05, 4.69) is 93.7 Å².